The number of aryl methyl sites for hydroxylation is 1. The van der Waals surface area contributed by atoms with Gasteiger partial charge < -0.3 is 9.84 Å². The van der Waals surface area contributed by atoms with Crippen LogP contribution in [0, 0.1) is 0 Å². The number of aromatic nitrogens is 3. The second kappa shape index (κ2) is 5.92. The highest BCUT2D eigenvalue weighted by Crippen LogP contribution is 1.97. The molecule has 0 aromatic carbocycles. The fraction of sp³-hybridized carbons (Fsp3) is 0.444. The molecule has 0 unspecified atom stereocenters. The molecule has 15 heavy (non-hydrogen) atoms. The molecule has 0 atom stereocenters. The van der Waals surface area contributed by atoms with Crippen LogP contribution in [0.25, 0.3) is 0 Å². The van der Waals surface area contributed by atoms with Gasteiger partial charge in [-0.3, -0.25) is 4.68 Å². The monoisotopic (exact) mass is 211 g/mol. The van der Waals surface area contributed by atoms with Gasteiger partial charge in [0, 0.05) is 13.2 Å². The van der Waals surface area contributed by atoms with Crippen LogP contribution in [0.1, 0.15) is 16.9 Å². The van der Waals surface area contributed by atoms with E-state index in [0.29, 0.717) is 13.0 Å². The fourth-order valence-electron chi connectivity index (χ4n) is 0.942. The minimum Gasteiger partial charge on any atom is -0.457 e. The summed E-state index contributed by atoms with van der Waals surface area (Å²) in [5.41, 5.74) is 0.162. The smallest absolute Gasteiger partial charge is 0.360 e. The Kier molecular flexibility index (Phi) is 4.49. The summed E-state index contributed by atoms with van der Waals surface area (Å²) in [5, 5.41) is 16.0. The summed E-state index contributed by atoms with van der Waals surface area (Å²) in [7, 11) is 0. The molecular formula is C9H13N3O3. The first-order valence-electron chi connectivity index (χ1n) is 4.57. The van der Waals surface area contributed by atoms with Crippen LogP contribution in [0.15, 0.2) is 18.9 Å². The van der Waals surface area contributed by atoms with Crippen LogP contribution in [0.4, 0.5) is 0 Å². The van der Waals surface area contributed by atoms with E-state index < -0.39 is 5.97 Å². The first-order chi connectivity index (χ1) is 7.27. The molecule has 0 saturated carbocycles. The third kappa shape index (κ3) is 3.51. The lowest BCUT2D eigenvalue weighted by Gasteiger charge is -1.96. The normalized spacial score (nSPS) is 9.93. The van der Waals surface area contributed by atoms with Gasteiger partial charge in [-0.05, 0) is 6.42 Å². The highest BCUT2D eigenvalue weighted by atomic mass is 16.5. The summed E-state index contributed by atoms with van der Waals surface area (Å²) in [6, 6.07) is 0. The predicted molar refractivity (Wildman–Crippen MR) is 52.2 cm³/mol. The van der Waals surface area contributed by atoms with E-state index in [1.54, 1.807) is 0 Å². The van der Waals surface area contributed by atoms with E-state index in [1.807, 2.05) is 0 Å². The summed E-state index contributed by atoms with van der Waals surface area (Å²) >= 11 is 0. The minimum atomic E-state index is -0.523. The molecule has 0 aliphatic carbocycles. The Hall–Kier alpha value is -1.69. The second-order valence-electron chi connectivity index (χ2n) is 2.83. The second-order valence-corrected chi connectivity index (χ2v) is 2.83. The number of aliphatic hydroxyl groups excluding tert-OH is 1. The van der Waals surface area contributed by atoms with Crippen molar-refractivity contribution in [3.63, 3.8) is 0 Å². The molecule has 1 aromatic rings. The predicted octanol–water partition coefficient (Wildman–Crippen LogP) is 0.00330. The molecule has 0 saturated heterocycles. The summed E-state index contributed by atoms with van der Waals surface area (Å²) in [6.07, 6.45) is 3.54. The molecule has 0 spiro atoms. The Morgan fingerprint density at radius 2 is 2.53 bits per heavy atom. The molecule has 1 rings (SSSR count). The lowest BCUT2D eigenvalue weighted by Crippen LogP contribution is -2.05. The molecule has 0 bridgehead atoms. The van der Waals surface area contributed by atoms with Crippen LogP contribution in [-0.4, -0.2) is 39.3 Å². The average Bonchev–Trinajstić information content (AvgIpc) is 2.71. The number of rotatable bonds is 6. The van der Waals surface area contributed by atoms with E-state index in [-0.39, 0.29) is 18.9 Å². The summed E-state index contributed by atoms with van der Waals surface area (Å²) in [6.45, 7) is 4.19. The van der Waals surface area contributed by atoms with Crippen molar-refractivity contribution in [1.82, 2.24) is 15.0 Å². The van der Waals surface area contributed by atoms with Gasteiger partial charge in [0.2, 0.25) is 0 Å². The number of aliphatic hydroxyl groups is 1. The fourth-order valence-corrected chi connectivity index (χ4v) is 0.942. The molecule has 6 nitrogen and oxygen atoms in total. The number of hydrogen-bond donors (Lipinski definition) is 1. The van der Waals surface area contributed by atoms with Crippen molar-refractivity contribution in [1.29, 1.82) is 0 Å². The van der Waals surface area contributed by atoms with E-state index in [9.17, 15) is 4.79 Å². The number of ether oxygens (including phenoxy) is 1. The van der Waals surface area contributed by atoms with E-state index >= 15 is 0 Å². The first-order valence-corrected chi connectivity index (χ1v) is 4.57. The van der Waals surface area contributed by atoms with Crippen LogP contribution in [0.5, 0.6) is 0 Å². The topological polar surface area (TPSA) is 77.2 Å². The maximum atomic E-state index is 11.3. The minimum absolute atomic E-state index is 0.0795. The van der Waals surface area contributed by atoms with E-state index in [1.165, 1.54) is 17.0 Å². The summed E-state index contributed by atoms with van der Waals surface area (Å²) in [5.74, 6) is -0.523. The zero-order chi connectivity index (χ0) is 11.1. The van der Waals surface area contributed by atoms with Crippen LogP contribution < -0.4 is 0 Å². The van der Waals surface area contributed by atoms with Gasteiger partial charge in [0.1, 0.15) is 6.61 Å². The van der Waals surface area contributed by atoms with Crippen molar-refractivity contribution in [2.45, 2.75) is 13.0 Å². The van der Waals surface area contributed by atoms with Crippen molar-refractivity contribution in [2.75, 3.05) is 13.2 Å². The van der Waals surface area contributed by atoms with Gasteiger partial charge >= 0.3 is 5.97 Å². The Balaban J connectivity index is 2.51. The third-order valence-corrected chi connectivity index (χ3v) is 1.63. The van der Waals surface area contributed by atoms with E-state index in [2.05, 4.69) is 16.9 Å². The molecule has 82 valence electrons. The summed E-state index contributed by atoms with van der Waals surface area (Å²) < 4.78 is 6.26. The van der Waals surface area contributed by atoms with E-state index in [4.69, 9.17) is 9.84 Å². The molecule has 1 heterocycles. The molecule has 0 amide bonds. The molecule has 0 fully saturated rings. The Morgan fingerprint density at radius 3 is 3.20 bits per heavy atom. The number of esters is 1. The molecule has 0 radical (unpaired) electrons. The van der Waals surface area contributed by atoms with Crippen molar-refractivity contribution >= 4 is 5.97 Å². The van der Waals surface area contributed by atoms with Gasteiger partial charge in [0.05, 0.1) is 6.20 Å². The van der Waals surface area contributed by atoms with Crippen molar-refractivity contribution in [3.8, 4) is 0 Å². The van der Waals surface area contributed by atoms with Crippen LogP contribution in [0.2, 0.25) is 0 Å². The Morgan fingerprint density at radius 1 is 1.73 bits per heavy atom. The van der Waals surface area contributed by atoms with Crippen LogP contribution in [-0.2, 0) is 11.3 Å². The largest absolute Gasteiger partial charge is 0.457 e. The lowest BCUT2D eigenvalue weighted by atomic mass is 10.4. The molecule has 6 heteroatoms. The third-order valence-electron chi connectivity index (χ3n) is 1.63. The van der Waals surface area contributed by atoms with Gasteiger partial charge in [0.15, 0.2) is 5.69 Å². The quantitative estimate of drug-likeness (QED) is 0.529. The lowest BCUT2D eigenvalue weighted by molar-refractivity contribution is 0.0543. The highest BCUT2D eigenvalue weighted by Gasteiger charge is 2.11. The standard InChI is InChI=1S/C9H13N3O3/c1-2-6-15-9(14)8-7-12(11-10-8)4-3-5-13/h2,7,13H,1,3-6H2. The molecule has 0 aliphatic heterocycles. The van der Waals surface area contributed by atoms with Crippen LogP contribution >= 0.6 is 0 Å². The molecular weight excluding hydrogens is 198 g/mol. The van der Waals surface area contributed by atoms with Gasteiger partial charge in [-0.1, -0.05) is 17.9 Å². The van der Waals surface area contributed by atoms with Crippen molar-refractivity contribution in [2.24, 2.45) is 0 Å². The summed E-state index contributed by atoms with van der Waals surface area (Å²) in [4.78, 5) is 11.3. The Labute approximate surface area is 87.2 Å². The van der Waals surface area contributed by atoms with Crippen molar-refractivity contribution in [3.05, 3.63) is 24.5 Å². The number of carbonyl (C=O) groups excluding carboxylic acids is 1. The first kappa shape index (κ1) is 11.4. The number of hydrogen-bond acceptors (Lipinski definition) is 5. The van der Waals surface area contributed by atoms with Crippen LogP contribution in [0.3, 0.4) is 0 Å². The number of carbonyl (C=O) groups is 1. The van der Waals surface area contributed by atoms with Gasteiger partial charge in [0.25, 0.3) is 0 Å². The van der Waals surface area contributed by atoms with Gasteiger partial charge in [-0.2, -0.15) is 0 Å². The zero-order valence-corrected chi connectivity index (χ0v) is 8.30. The maximum absolute atomic E-state index is 11.3. The maximum Gasteiger partial charge on any atom is 0.360 e. The molecule has 1 N–H and O–H groups in total. The zero-order valence-electron chi connectivity index (χ0n) is 8.30. The SMILES string of the molecule is C=CCOC(=O)c1cn(CCCO)nn1. The Bertz CT molecular complexity index is 335. The molecule has 1 aromatic heterocycles. The van der Waals surface area contributed by atoms with E-state index in [0.717, 1.165) is 0 Å². The molecule has 0 aliphatic rings. The highest BCUT2D eigenvalue weighted by molar-refractivity contribution is 5.86. The van der Waals surface area contributed by atoms with Crippen molar-refractivity contribution < 1.29 is 14.6 Å². The average molecular weight is 211 g/mol. The van der Waals surface area contributed by atoms with Gasteiger partial charge in [-0.15, -0.1) is 5.10 Å². The number of nitrogens with zero attached hydrogens (tertiary/aromatic N) is 3. The van der Waals surface area contributed by atoms with Gasteiger partial charge in [-0.25, -0.2) is 4.79 Å².